The number of carbonyl (C=O) groups excluding carboxylic acids is 2. The second kappa shape index (κ2) is 10.5. The summed E-state index contributed by atoms with van der Waals surface area (Å²) < 4.78 is 5.00. The standard InChI is InChI=1S/C15H23N3O3S.ClH/c1-2-21-15(20)18-9-5-12(6-10-18)16-7-8-17-14(19)13-4-3-11-22-13;/h3-4,11-12,16H,2,5-10H2,1H3,(H,17,19);1H. The monoisotopic (exact) mass is 361 g/mol. The molecule has 1 fully saturated rings. The Balaban J connectivity index is 0.00000264. The van der Waals surface area contributed by atoms with Crippen molar-refractivity contribution in [3.8, 4) is 0 Å². The van der Waals surface area contributed by atoms with Gasteiger partial charge in [-0.3, -0.25) is 4.79 Å². The van der Waals surface area contributed by atoms with Crippen LogP contribution in [0.1, 0.15) is 29.4 Å². The minimum absolute atomic E-state index is 0. The minimum atomic E-state index is -0.218. The van der Waals surface area contributed by atoms with Gasteiger partial charge in [-0.1, -0.05) is 6.07 Å². The van der Waals surface area contributed by atoms with Crippen molar-refractivity contribution in [3.63, 3.8) is 0 Å². The van der Waals surface area contributed by atoms with Crippen LogP contribution in [0, 0.1) is 0 Å². The van der Waals surface area contributed by atoms with E-state index in [1.807, 2.05) is 24.4 Å². The lowest BCUT2D eigenvalue weighted by Gasteiger charge is -2.31. The fourth-order valence-corrected chi connectivity index (χ4v) is 3.07. The summed E-state index contributed by atoms with van der Waals surface area (Å²) in [7, 11) is 0. The van der Waals surface area contributed by atoms with Gasteiger partial charge in [-0.15, -0.1) is 23.7 Å². The highest BCUT2D eigenvalue weighted by molar-refractivity contribution is 7.12. The molecule has 1 aliphatic rings. The summed E-state index contributed by atoms with van der Waals surface area (Å²) in [4.78, 5) is 25.8. The van der Waals surface area contributed by atoms with Crippen molar-refractivity contribution in [2.75, 3.05) is 32.8 Å². The van der Waals surface area contributed by atoms with Crippen molar-refractivity contribution in [3.05, 3.63) is 22.4 Å². The largest absolute Gasteiger partial charge is 0.450 e. The number of ether oxygens (including phenoxy) is 1. The smallest absolute Gasteiger partial charge is 0.409 e. The second-order valence-corrected chi connectivity index (χ2v) is 6.10. The maximum atomic E-state index is 11.7. The molecule has 2 N–H and O–H groups in total. The van der Waals surface area contributed by atoms with Crippen LogP contribution in [0.25, 0.3) is 0 Å². The van der Waals surface area contributed by atoms with Crippen molar-refractivity contribution in [2.24, 2.45) is 0 Å². The van der Waals surface area contributed by atoms with Crippen LogP contribution in [0.15, 0.2) is 17.5 Å². The molecule has 2 amide bonds. The highest BCUT2D eigenvalue weighted by atomic mass is 35.5. The number of rotatable bonds is 6. The van der Waals surface area contributed by atoms with E-state index in [0.717, 1.165) is 37.4 Å². The molecule has 0 atom stereocenters. The predicted molar refractivity (Wildman–Crippen MR) is 93.5 cm³/mol. The maximum Gasteiger partial charge on any atom is 0.409 e. The number of carbonyl (C=O) groups is 2. The van der Waals surface area contributed by atoms with E-state index in [1.54, 1.807) is 4.90 Å². The summed E-state index contributed by atoms with van der Waals surface area (Å²) in [6.07, 6.45) is 1.61. The average Bonchev–Trinajstić information content (AvgIpc) is 3.06. The van der Waals surface area contributed by atoms with Crippen molar-refractivity contribution in [2.45, 2.75) is 25.8 Å². The third kappa shape index (κ3) is 6.37. The Morgan fingerprint density at radius 3 is 2.70 bits per heavy atom. The molecule has 0 saturated carbocycles. The summed E-state index contributed by atoms with van der Waals surface area (Å²) >= 11 is 1.44. The minimum Gasteiger partial charge on any atom is -0.450 e. The van der Waals surface area contributed by atoms with Gasteiger partial charge in [-0.05, 0) is 31.2 Å². The fraction of sp³-hybridized carbons (Fsp3) is 0.600. The van der Waals surface area contributed by atoms with Gasteiger partial charge >= 0.3 is 6.09 Å². The van der Waals surface area contributed by atoms with Crippen molar-refractivity contribution in [1.29, 1.82) is 0 Å². The van der Waals surface area contributed by atoms with Crippen LogP contribution in [-0.4, -0.2) is 55.7 Å². The van der Waals surface area contributed by atoms with E-state index in [-0.39, 0.29) is 24.4 Å². The Morgan fingerprint density at radius 2 is 2.09 bits per heavy atom. The zero-order valence-corrected chi connectivity index (χ0v) is 14.9. The highest BCUT2D eigenvalue weighted by Gasteiger charge is 2.22. The van der Waals surface area contributed by atoms with Gasteiger partial charge in [-0.25, -0.2) is 4.79 Å². The Morgan fingerprint density at radius 1 is 1.35 bits per heavy atom. The third-order valence-corrected chi connectivity index (χ3v) is 4.48. The van der Waals surface area contributed by atoms with E-state index < -0.39 is 0 Å². The van der Waals surface area contributed by atoms with Gasteiger partial charge in [0.05, 0.1) is 11.5 Å². The van der Waals surface area contributed by atoms with Crippen LogP contribution in [0.3, 0.4) is 0 Å². The van der Waals surface area contributed by atoms with Gasteiger partial charge in [0.15, 0.2) is 0 Å². The molecule has 2 heterocycles. The maximum absolute atomic E-state index is 11.7. The lowest BCUT2D eigenvalue weighted by molar-refractivity contribution is 0.0933. The molecule has 0 aliphatic carbocycles. The number of hydrogen-bond acceptors (Lipinski definition) is 5. The molecule has 0 radical (unpaired) electrons. The van der Waals surface area contributed by atoms with Crippen LogP contribution in [0.4, 0.5) is 4.79 Å². The molecule has 0 spiro atoms. The fourth-order valence-electron chi connectivity index (χ4n) is 2.43. The molecule has 8 heteroatoms. The van der Waals surface area contributed by atoms with Gasteiger partial charge < -0.3 is 20.3 Å². The second-order valence-electron chi connectivity index (χ2n) is 5.15. The van der Waals surface area contributed by atoms with Gasteiger partial charge in [0.1, 0.15) is 0 Å². The van der Waals surface area contributed by atoms with Crippen LogP contribution < -0.4 is 10.6 Å². The summed E-state index contributed by atoms with van der Waals surface area (Å²) in [6, 6.07) is 4.08. The number of halogens is 1. The molecule has 130 valence electrons. The molecular weight excluding hydrogens is 338 g/mol. The number of hydrogen-bond donors (Lipinski definition) is 2. The Labute approximate surface area is 147 Å². The zero-order valence-electron chi connectivity index (χ0n) is 13.2. The number of nitrogens with zero attached hydrogens (tertiary/aromatic N) is 1. The lowest BCUT2D eigenvalue weighted by Crippen LogP contribution is -2.46. The number of nitrogens with one attached hydrogen (secondary N) is 2. The van der Waals surface area contributed by atoms with E-state index in [4.69, 9.17) is 4.74 Å². The summed E-state index contributed by atoms with van der Waals surface area (Å²) in [5.74, 6) is -0.0195. The highest BCUT2D eigenvalue weighted by Crippen LogP contribution is 2.11. The number of thiophene rings is 1. The summed E-state index contributed by atoms with van der Waals surface area (Å²) in [5.41, 5.74) is 0. The van der Waals surface area contributed by atoms with Gasteiger partial charge in [0.25, 0.3) is 5.91 Å². The Hall–Kier alpha value is -1.31. The number of amides is 2. The van der Waals surface area contributed by atoms with Crippen molar-refractivity contribution < 1.29 is 14.3 Å². The molecule has 1 aliphatic heterocycles. The van der Waals surface area contributed by atoms with E-state index in [1.165, 1.54) is 11.3 Å². The topological polar surface area (TPSA) is 70.7 Å². The summed E-state index contributed by atoms with van der Waals surface area (Å²) in [6.45, 7) is 5.02. The van der Waals surface area contributed by atoms with Gasteiger partial charge in [0, 0.05) is 32.2 Å². The molecule has 0 unspecified atom stereocenters. The number of likely N-dealkylation sites (tertiary alicyclic amines) is 1. The van der Waals surface area contributed by atoms with Crippen LogP contribution in [0.2, 0.25) is 0 Å². The zero-order chi connectivity index (χ0) is 15.8. The molecule has 0 aromatic carbocycles. The first-order chi connectivity index (χ1) is 10.7. The first-order valence-electron chi connectivity index (χ1n) is 7.67. The van der Waals surface area contributed by atoms with Crippen LogP contribution in [0.5, 0.6) is 0 Å². The summed E-state index contributed by atoms with van der Waals surface area (Å²) in [5, 5.41) is 8.21. The lowest BCUT2D eigenvalue weighted by atomic mass is 10.1. The number of piperidine rings is 1. The van der Waals surface area contributed by atoms with Gasteiger partial charge in [0.2, 0.25) is 0 Å². The van der Waals surface area contributed by atoms with Crippen molar-refractivity contribution >= 4 is 35.7 Å². The van der Waals surface area contributed by atoms with Crippen molar-refractivity contribution in [1.82, 2.24) is 15.5 Å². The van der Waals surface area contributed by atoms with E-state index in [2.05, 4.69) is 10.6 Å². The van der Waals surface area contributed by atoms with E-state index in [0.29, 0.717) is 19.2 Å². The van der Waals surface area contributed by atoms with E-state index in [9.17, 15) is 9.59 Å². The molecule has 1 aromatic rings. The third-order valence-electron chi connectivity index (χ3n) is 3.61. The molecule has 0 bridgehead atoms. The molecule has 23 heavy (non-hydrogen) atoms. The van der Waals surface area contributed by atoms with Crippen LogP contribution in [-0.2, 0) is 4.74 Å². The average molecular weight is 362 g/mol. The molecule has 2 rings (SSSR count). The Bertz CT molecular complexity index is 476. The SMILES string of the molecule is CCOC(=O)N1CCC(NCCNC(=O)c2cccs2)CC1.Cl. The van der Waals surface area contributed by atoms with E-state index >= 15 is 0 Å². The van der Waals surface area contributed by atoms with Gasteiger partial charge in [-0.2, -0.15) is 0 Å². The normalized spacial score (nSPS) is 14.9. The Kier molecular flexibility index (Phi) is 8.98. The molecule has 1 saturated heterocycles. The quantitative estimate of drug-likeness (QED) is 0.761. The molecule has 1 aromatic heterocycles. The predicted octanol–water partition coefficient (Wildman–Crippen LogP) is 2.11. The molecular formula is C15H24ClN3O3S. The first kappa shape index (κ1) is 19.7. The van der Waals surface area contributed by atoms with Crippen LogP contribution >= 0.6 is 23.7 Å². The first-order valence-corrected chi connectivity index (χ1v) is 8.55. The molecule has 6 nitrogen and oxygen atoms in total.